The lowest BCUT2D eigenvalue weighted by Gasteiger charge is -2.33. The number of carboxylic acids is 1. The van der Waals surface area contributed by atoms with Crippen LogP contribution >= 0.6 is 0 Å². The number of carbonyl (C=O) groups excluding carboxylic acids is 1. The number of aliphatic carboxylic acids is 1. The van der Waals surface area contributed by atoms with Gasteiger partial charge in [0.2, 0.25) is 0 Å². The molecule has 0 spiro atoms. The minimum atomic E-state index is -0.929. The van der Waals surface area contributed by atoms with Crippen LogP contribution < -0.4 is 0 Å². The molecule has 4 heteroatoms. The van der Waals surface area contributed by atoms with Crippen molar-refractivity contribution in [2.45, 2.75) is 46.6 Å². The van der Waals surface area contributed by atoms with Crippen molar-refractivity contribution in [3.63, 3.8) is 0 Å². The molecule has 116 valence electrons. The lowest BCUT2D eigenvalue weighted by Crippen LogP contribution is -2.41. The Hall–Kier alpha value is -1.84. The first-order chi connectivity index (χ1) is 9.77. The fourth-order valence-corrected chi connectivity index (χ4v) is 2.45. The van der Waals surface area contributed by atoms with Gasteiger partial charge >= 0.3 is 11.9 Å². The summed E-state index contributed by atoms with van der Waals surface area (Å²) in [5, 5.41) is 9.50. The number of benzene rings is 1. The van der Waals surface area contributed by atoms with E-state index in [4.69, 9.17) is 4.74 Å². The van der Waals surface area contributed by atoms with Gasteiger partial charge in [0, 0.05) is 0 Å². The van der Waals surface area contributed by atoms with Crippen LogP contribution in [-0.4, -0.2) is 23.1 Å². The molecule has 1 N–H and O–H groups in total. The van der Waals surface area contributed by atoms with Crippen LogP contribution in [0.15, 0.2) is 30.3 Å². The molecule has 0 aromatic heterocycles. The molecule has 0 saturated carbocycles. The minimum Gasteiger partial charge on any atom is -0.481 e. The van der Waals surface area contributed by atoms with E-state index in [2.05, 4.69) is 0 Å². The topological polar surface area (TPSA) is 63.6 Å². The maximum atomic E-state index is 12.2. The van der Waals surface area contributed by atoms with Gasteiger partial charge in [-0.3, -0.25) is 4.79 Å². The molecule has 0 saturated heterocycles. The van der Waals surface area contributed by atoms with Gasteiger partial charge < -0.3 is 9.84 Å². The molecule has 2 unspecified atom stereocenters. The molecule has 0 aliphatic rings. The van der Waals surface area contributed by atoms with Gasteiger partial charge in [0.1, 0.15) is 6.10 Å². The molecule has 0 bridgehead atoms. The highest BCUT2D eigenvalue weighted by Gasteiger charge is 2.40. The Morgan fingerprint density at radius 2 is 1.76 bits per heavy atom. The van der Waals surface area contributed by atoms with Crippen LogP contribution in [-0.2, 0) is 9.53 Å². The fraction of sp³-hybridized carbons (Fsp3) is 0.529. The standard InChI is InChI=1S/C17H24O4/c1-5-9-13(14(15(18)19)17(2,3)4)21-16(20)12-10-7-6-8-11-12/h6-8,10-11,13-14H,5,9H2,1-4H3,(H,18,19). The van der Waals surface area contributed by atoms with Gasteiger partial charge in [-0.05, 0) is 24.0 Å². The van der Waals surface area contributed by atoms with Crippen molar-refractivity contribution in [3.8, 4) is 0 Å². The van der Waals surface area contributed by atoms with E-state index in [0.717, 1.165) is 6.42 Å². The second-order valence-corrected chi connectivity index (χ2v) is 6.28. The number of ether oxygens (including phenoxy) is 1. The average Bonchev–Trinajstić information content (AvgIpc) is 2.37. The number of hydrogen-bond acceptors (Lipinski definition) is 3. The van der Waals surface area contributed by atoms with E-state index in [1.807, 2.05) is 33.8 Å². The molecule has 2 atom stereocenters. The average molecular weight is 292 g/mol. The molecule has 0 heterocycles. The predicted octanol–water partition coefficient (Wildman–Crippen LogP) is 3.76. The molecule has 0 amide bonds. The van der Waals surface area contributed by atoms with Crippen LogP contribution in [0.3, 0.4) is 0 Å². The Morgan fingerprint density at radius 1 is 1.19 bits per heavy atom. The van der Waals surface area contributed by atoms with Gasteiger partial charge in [-0.15, -0.1) is 0 Å². The summed E-state index contributed by atoms with van der Waals surface area (Å²) in [6.07, 6.45) is 0.666. The first kappa shape index (κ1) is 17.2. The SMILES string of the molecule is CCCC(OC(=O)c1ccccc1)C(C(=O)O)C(C)(C)C. The third kappa shape index (κ3) is 4.88. The van der Waals surface area contributed by atoms with Gasteiger partial charge in [0.05, 0.1) is 11.5 Å². The number of carbonyl (C=O) groups is 2. The molecular weight excluding hydrogens is 268 g/mol. The Bertz CT molecular complexity index is 473. The highest BCUT2D eigenvalue weighted by atomic mass is 16.5. The second-order valence-electron chi connectivity index (χ2n) is 6.28. The summed E-state index contributed by atoms with van der Waals surface area (Å²) in [4.78, 5) is 23.8. The van der Waals surface area contributed by atoms with Gasteiger partial charge in [0.25, 0.3) is 0 Å². The van der Waals surface area contributed by atoms with Gasteiger partial charge in [-0.2, -0.15) is 0 Å². The molecule has 4 nitrogen and oxygen atoms in total. The maximum Gasteiger partial charge on any atom is 0.338 e. The molecular formula is C17H24O4. The van der Waals surface area contributed by atoms with Crippen LogP contribution in [0.4, 0.5) is 0 Å². The van der Waals surface area contributed by atoms with E-state index in [-0.39, 0.29) is 0 Å². The summed E-state index contributed by atoms with van der Waals surface area (Å²) in [5.41, 5.74) is -0.0422. The van der Waals surface area contributed by atoms with E-state index in [1.165, 1.54) is 0 Å². The Kier molecular flexibility index (Phi) is 5.94. The number of esters is 1. The molecule has 1 rings (SSSR count). The fourth-order valence-electron chi connectivity index (χ4n) is 2.45. The van der Waals surface area contributed by atoms with Gasteiger partial charge in [-0.25, -0.2) is 4.79 Å². The Balaban J connectivity index is 2.96. The van der Waals surface area contributed by atoms with Crippen molar-refractivity contribution in [2.24, 2.45) is 11.3 Å². The number of carboxylic acid groups (broad SMARTS) is 1. The lowest BCUT2D eigenvalue weighted by molar-refractivity contribution is -0.151. The highest BCUT2D eigenvalue weighted by molar-refractivity contribution is 5.89. The molecule has 21 heavy (non-hydrogen) atoms. The van der Waals surface area contributed by atoms with E-state index in [9.17, 15) is 14.7 Å². The van der Waals surface area contributed by atoms with Crippen LogP contribution in [0.2, 0.25) is 0 Å². The minimum absolute atomic E-state index is 0.441. The predicted molar refractivity (Wildman–Crippen MR) is 81.1 cm³/mol. The van der Waals surface area contributed by atoms with Crippen molar-refractivity contribution in [1.29, 1.82) is 0 Å². The Labute approximate surface area is 126 Å². The summed E-state index contributed by atoms with van der Waals surface area (Å²) in [5.74, 6) is -2.13. The summed E-state index contributed by atoms with van der Waals surface area (Å²) in [6, 6.07) is 8.65. The zero-order valence-corrected chi connectivity index (χ0v) is 13.1. The quantitative estimate of drug-likeness (QED) is 0.811. The summed E-state index contributed by atoms with van der Waals surface area (Å²) in [6.45, 7) is 7.51. The molecule has 0 aliphatic heterocycles. The van der Waals surface area contributed by atoms with Gasteiger partial charge in [-0.1, -0.05) is 52.3 Å². The van der Waals surface area contributed by atoms with E-state index >= 15 is 0 Å². The smallest absolute Gasteiger partial charge is 0.338 e. The first-order valence-electron chi connectivity index (χ1n) is 7.26. The van der Waals surface area contributed by atoms with E-state index in [1.54, 1.807) is 24.3 Å². The lowest BCUT2D eigenvalue weighted by atomic mass is 9.76. The number of rotatable bonds is 6. The second kappa shape index (κ2) is 7.25. The third-order valence-corrected chi connectivity index (χ3v) is 3.41. The zero-order valence-electron chi connectivity index (χ0n) is 13.1. The summed E-state index contributed by atoms with van der Waals surface area (Å²) in [7, 11) is 0. The Morgan fingerprint density at radius 3 is 2.19 bits per heavy atom. The van der Waals surface area contributed by atoms with Crippen molar-refractivity contribution >= 4 is 11.9 Å². The molecule has 0 aliphatic carbocycles. The molecule has 1 aromatic carbocycles. The van der Waals surface area contributed by atoms with Crippen LogP contribution in [0, 0.1) is 11.3 Å². The van der Waals surface area contributed by atoms with Crippen molar-refractivity contribution in [2.75, 3.05) is 0 Å². The normalized spacial score (nSPS) is 14.3. The largest absolute Gasteiger partial charge is 0.481 e. The van der Waals surface area contributed by atoms with E-state index < -0.39 is 29.4 Å². The summed E-state index contributed by atoms with van der Waals surface area (Å²) >= 11 is 0. The summed E-state index contributed by atoms with van der Waals surface area (Å²) < 4.78 is 5.51. The van der Waals surface area contributed by atoms with Crippen LogP contribution in [0.25, 0.3) is 0 Å². The third-order valence-electron chi connectivity index (χ3n) is 3.41. The molecule has 1 aromatic rings. The molecule has 0 radical (unpaired) electrons. The first-order valence-corrected chi connectivity index (χ1v) is 7.26. The van der Waals surface area contributed by atoms with Gasteiger partial charge in [0.15, 0.2) is 0 Å². The van der Waals surface area contributed by atoms with E-state index in [0.29, 0.717) is 12.0 Å². The monoisotopic (exact) mass is 292 g/mol. The van der Waals surface area contributed by atoms with Crippen LogP contribution in [0.5, 0.6) is 0 Å². The van der Waals surface area contributed by atoms with Crippen molar-refractivity contribution in [3.05, 3.63) is 35.9 Å². The number of hydrogen-bond donors (Lipinski definition) is 1. The zero-order chi connectivity index (χ0) is 16.0. The maximum absolute atomic E-state index is 12.2. The van der Waals surface area contributed by atoms with Crippen LogP contribution in [0.1, 0.15) is 50.9 Å². The highest BCUT2D eigenvalue weighted by Crippen LogP contribution is 2.33. The van der Waals surface area contributed by atoms with Crippen molar-refractivity contribution in [1.82, 2.24) is 0 Å². The van der Waals surface area contributed by atoms with Crippen molar-refractivity contribution < 1.29 is 19.4 Å². The molecule has 0 fully saturated rings.